The van der Waals surface area contributed by atoms with E-state index in [1.807, 2.05) is 13.1 Å². The molecule has 1 N–H and O–H groups in total. The SMILES string of the molecule is C[SiH](C)OCC(C)(C)C(=O)O. The van der Waals surface area contributed by atoms with E-state index in [9.17, 15) is 4.79 Å². The molecule has 0 amide bonds. The second-order valence-corrected chi connectivity index (χ2v) is 5.98. The zero-order valence-electron chi connectivity index (χ0n) is 7.55. The number of carboxylic acid groups (broad SMARTS) is 1. The average Bonchev–Trinajstić information content (AvgIpc) is 1.84. The van der Waals surface area contributed by atoms with E-state index >= 15 is 0 Å². The van der Waals surface area contributed by atoms with Crippen LogP contribution in [-0.4, -0.2) is 26.7 Å². The highest BCUT2D eigenvalue weighted by molar-refractivity contribution is 6.48. The molecule has 0 rings (SSSR count). The van der Waals surface area contributed by atoms with Crippen LogP contribution in [0, 0.1) is 5.41 Å². The van der Waals surface area contributed by atoms with Crippen molar-refractivity contribution in [2.75, 3.05) is 6.61 Å². The van der Waals surface area contributed by atoms with Gasteiger partial charge in [-0.1, -0.05) is 0 Å². The van der Waals surface area contributed by atoms with Gasteiger partial charge in [0.1, 0.15) is 0 Å². The number of hydrogen-bond acceptors (Lipinski definition) is 2. The maximum absolute atomic E-state index is 10.6. The second kappa shape index (κ2) is 3.87. The molecule has 4 heteroatoms. The van der Waals surface area contributed by atoms with Gasteiger partial charge in [-0.25, -0.2) is 0 Å². The van der Waals surface area contributed by atoms with Gasteiger partial charge in [0.25, 0.3) is 0 Å². The molecule has 0 atom stereocenters. The Morgan fingerprint density at radius 1 is 1.55 bits per heavy atom. The van der Waals surface area contributed by atoms with E-state index in [4.69, 9.17) is 9.53 Å². The van der Waals surface area contributed by atoms with E-state index in [1.165, 1.54) is 0 Å². The smallest absolute Gasteiger partial charge is 0.311 e. The summed E-state index contributed by atoms with van der Waals surface area (Å²) in [4.78, 5) is 10.6. The summed E-state index contributed by atoms with van der Waals surface area (Å²) in [5, 5.41) is 8.69. The topological polar surface area (TPSA) is 46.5 Å². The Labute approximate surface area is 69.1 Å². The third-order valence-corrected chi connectivity index (χ3v) is 2.19. The molecule has 0 aliphatic rings. The number of carboxylic acids is 1. The predicted molar refractivity (Wildman–Crippen MR) is 46.2 cm³/mol. The molecular weight excluding hydrogens is 160 g/mol. The van der Waals surface area contributed by atoms with Gasteiger partial charge >= 0.3 is 5.97 Å². The summed E-state index contributed by atoms with van der Waals surface area (Å²) in [6.45, 7) is 7.72. The predicted octanol–water partition coefficient (Wildman–Crippen LogP) is 1.10. The molecule has 0 aromatic carbocycles. The van der Waals surface area contributed by atoms with Crippen molar-refractivity contribution in [1.82, 2.24) is 0 Å². The first-order valence-corrected chi connectivity index (χ1v) is 6.49. The lowest BCUT2D eigenvalue weighted by Gasteiger charge is -2.20. The Balaban J connectivity index is 3.83. The zero-order chi connectivity index (χ0) is 9.07. The molecule has 0 aliphatic heterocycles. The maximum atomic E-state index is 10.6. The molecule has 0 aromatic rings. The standard InChI is InChI=1S/C7H16O3Si/c1-7(2,6(8)9)5-10-11(3)4/h11H,5H2,1-4H3,(H,8,9). The third kappa shape index (κ3) is 4.16. The van der Waals surface area contributed by atoms with Gasteiger partial charge in [0.2, 0.25) is 0 Å². The molecule has 66 valence electrons. The quantitative estimate of drug-likeness (QED) is 0.652. The largest absolute Gasteiger partial charge is 0.481 e. The molecule has 0 saturated carbocycles. The van der Waals surface area contributed by atoms with Crippen LogP contribution in [0.1, 0.15) is 13.8 Å². The fourth-order valence-corrected chi connectivity index (χ4v) is 1.19. The van der Waals surface area contributed by atoms with Crippen LogP contribution in [0.4, 0.5) is 0 Å². The van der Waals surface area contributed by atoms with Crippen LogP contribution in [-0.2, 0) is 9.22 Å². The van der Waals surface area contributed by atoms with Gasteiger partial charge in [-0.15, -0.1) is 0 Å². The van der Waals surface area contributed by atoms with E-state index in [-0.39, 0.29) is 0 Å². The van der Waals surface area contributed by atoms with Gasteiger partial charge in [-0.2, -0.15) is 0 Å². The second-order valence-electron chi connectivity index (χ2n) is 3.55. The van der Waals surface area contributed by atoms with E-state index in [2.05, 4.69) is 0 Å². The normalized spacial score (nSPS) is 12.1. The molecule has 0 bridgehead atoms. The lowest BCUT2D eigenvalue weighted by molar-refractivity contribution is -0.148. The van der Waals surface area contributed by atoms with Gasteiger partial charge in [0.15, 0.2) is 9.04 Å². The molecule has 0 aromatic heterocycles. The number of aliphatic carboxylic acids is 1. The summed E-state index contributed by atoms with van der Waals surface area (Å²) in [7, 11) is -1.07. The molecule has 0 unspecified atom stereocenters. The zero-order valence-corrected chi connectivity index (χ0v) is 8.70. The summed E-state index contributed by atoms with van der Waals surface area (Å²) in [5.74, 6) is -0.799. The number of rotatable bonds is 4. The number of carbonyl (C=O) groups is 1. The lowest BCUT2D eigenvalue weighted by atomic mass is 9.96. The maximum Gasteiger partial charge on any atom is 0.311 e. The summed E-state index contributed by atoms with van der Waals surface area (Å²) in [6, 6.07) is 0. The molecule has 3 nitrogen and oxygen atoms in total. The highest BCUT2D eigenvalue weighted by atomic mass is 28.3. The molecule has 0 radical (unpaired) electrons. The van der Waals surface area contributed by atoms with E-state index in [0.717, 1.165) is 0 Å². The van der Waals surface area contributed by atoms with Gasteiger partial charge < -0.3 is 9.53 Å². The van der Waals surface area contributed by atoms with Gasteiger partial charge in [-0.05, 0) is 26.9 Å². The Morgan fingerprint density at radius 3 is 2.27 bits per heavy atom. The van der Waals surface area contributed by atoms with E-state index in [0.29, 0.717) is 6.61 Å². The molecule has 11 heavy (non-hydrogen) atoms. The average molecular weight is 176 g/mol. The highest BCUT2D eigenvalue weighted by Crippen LogP contribution is 2.15. The van der Waals surface area contributed by atoms with Gasteiger partial charge in [0.05, 0.1) is 5.41 Å². The summed E-state index contributed by atoms with van der Waals surface area (Å²) in [5.41, 5.74) is -0.739. The lowest BCUT2D eigenvalue weighted by Crippen LogP contribution is -2.31. The van der Waals surface area contributed by atoms with Crippen LogP contribution >= 0.6 is 0 Å². The Morgan fingerprint density at radius 2 is 2.00 bits per heavy atom. The minimum Gasteiger partial charge on any atom is -0.481 e. The van der Waals surface area contributed by atoms with Crippen LogP contribution in [0.15, 0.2) is 0 Å². The van der Waals surface area contributed by atoms with Crippen molar-refractivity contribution in [2.24, 2.45) is 5.41 Å². The van der Waals surface area contributed by atoms with Crippen molar-refractivity contribution >= 4 is 15.0 Å². The molecule has 0 heterocycles. The van der Waals surface area contributed by atoms with Crippen molar-refractivity contribution in [3.05, 3.63) is 0 Å². The van der Waals surface area contributed by atoms with Crippen LogP contribution in [0.25, 0.3) is 0 Å². The van der Waals surface area contributed by atoms with Crippen LogP contribution in [0.5, 0.6) is 0 Å². The molecule has 0 saturated heterocycles. The van der Waals surface area contributed by atoms with Gasteiger partial charge in [-0.3, -0.25) is 4.79 Å². The number of hydrogen-bond donors (Lipinski definition) is 1. The van der Waals surface area contributed by atoms with Crippen molar-refractivity contribution in [1.29, 1.82) is 0 Å². The molecule has 0 spiro atoms. The Bertz CT molecular complexity index is 143. The molecule has 0 aliphatic carbocycles. The van der Waals surface area contributed by atoms with Crippen LogP contribution in [0.3, 0.4) is 0 Å². The van der Waals surface area contributed by atoms with E-state index < -0.39 is 20.4 Å². The monoisotopic (exact) mass is 176 g/mol. The van der Waals surface area contributed by atoms with Crippen LogP contribution < -0.4 is 0 Å². The van der Waals surface area contributed by atoms with Gasteiger partial charge in [0, 0.05) is 6.61 Å². The fraction of sp³-hybridized carbons (Fsp3) is 0.857. The van der Waals surface area contributed by atoms with Crippen molar-refractivity contribution < 1.29 is 14.3 Å². The Hall–Kier alpha value is -0.353. The first-order valence-electron chi connectivity index (χ1n) is 3.71. The van der Waals surface area contributed by atoms with Crippen molar-refractivity contribution in [2.45, 2.75) is 26.9 Å². The minimum absolute atomic E-state index is 0.326. The summed E-state index contributed by atoms with van der Waals surface area (Å²) in [6.07, 6.45) is 0. The van der Waals surface area contributed by atoms with Crippen molar-refractivity contribution in [3.63, 3.8) is 0 Å². The fourth-order valence-electron chi connectivity index (χ4n) is 0.437. The molecule has 0 fully saturated rings. The van der Waals surface area contributed by atoms with E-state index in [1.54, 1.807) is 13.8 Å². The minimum atomic E-state index is -1.07. The van der Waals surface area contributed by atoms with Crippen LogP contribution in [0.2, 0.25) is 13.1 Å². The third-order valence-electron chi connectivity index (χ3n) is 1.36. The highest BCUT2D eigenvalue weighted by Gasteiger charge is 2.27. The summed E-state index contributed by atoms with van der Waals surface area (Å²) >= 11 is 0. The summed E-state index contributed by atoms with van der Waals surface area (Å²) < 4.78 is 5.33. The first-order chi connectivity index (χ1) is 4.86. The Kier molecular flexibility index (Phi) is 3.75. The molecular formula is C7H16O3Si. The first kappa shape index (κ1) is 10.6. The van der Waals surface area contributed by atoms with Crippen molar-refractivity contribution in [3.8, 4) is 0 Å².